The second-order valence-electron chi connectivity index (χ2n) is 11.3. The van der Waals surface area contributed by atoms with E-state index in [0.29, 0.717) is 6.42 Å². The fourth-order valence-electron chi connectivity index (χ4n) is 5.09. The van der Waals surface area contributed by atoms with Crippen LogP contribution in [-0.2, 0) is 24.0 Å². The van der Waals surface area contributed by atoms with E-state index in [0.717, 1.165) is 15.9 Å². The lowest BCUT2D eigenvalue weighted by Crippen LogP contribution is -2.67. The number of halogens is 1. The first-order valence-electron chi connectivity index (χ1n) is 13.9. The quantitative estimate of drug-likeness (QED) is 0.140. The molecule has 0 spiro atoms. The van der Waals surface area contributed by atoms with E-state index in [4.69, 9.17) is 9.16 Å². The summed E-state index contributed by atoms with van der Waals surface area (Å²) in [6.07, 6.45) is 2.10. The van der Waals surface area contributed by atoms with Crippen LogP contribution in [0.25, 0.3) is 0 Å². The summed E-state index contributed by atoms with van der Waals surface area (Å²) in [6, 6.07) is 26.5. The number of benzene rings is 3. The number of carbonyl (C=O) groups is 1. The molecule has 0 saturated heterocycles. The molecule has 0 radical (unpaired) electrons. The molecule has 42 heavy (non-hydrogen) atoms. The number of carbonyl (C=O) groups excluding carboxylic acids is 1. The number of sulfonamides is 1. The van der Waals surface area contributed by atoms with Crippen LogP contribution in [-0.4, -0.2) is 42.0 Å². The van der Waals surface area contributed by atoms with Crippen LogP contribution in [0.2, 0.25) is 5.04 Å². The van der Waals surface area contributed by atoms with Crippen LogP contribution < -0.4 is 15.1 Å². The van der Waals surface area contributed by atoms with Gasteiger partial charge in [0.1, 0.15) is 0 Å². The van der Waals surface area contributed by atoms with E-state index in [1.54, 1.807) is 35.3 Å². The molecule has 0 saturated carbocycles. The number of ether oxygens (including phenoxy) is 1. The van der Waals surface area contributed by atoms with Crippen LogP contribution in [0.5, 0.6) is 0 Å². The van der Waals surface area contributed by atoms with Gasteiger partial charge in [-0.15, -0.1) is 5.73 Å². The van der Waals surface area contributed by atoms with Crippen molar-refractivity contribution < 1.29 is 22.4 Å². The molecule has 0 amide bonds. The van der Waals surface area contributed by atoms with Crippen molar-refractivity contribution in [1.29, 1.82) is 0 Å². The summed E-state index contributed by atoms with van der Waals surface area (Å²) in [4.78, 5) is 13.4. The van der Waals surface area contributed by atoms with Gasteiger partial charge in [0.15, 0.2) is 0 Å². The molecule has 0 aromatic heterocycles. The molecule has 3 aromatic rings. The molecule has 2 atom stereocenters. The van der Waals surface area contributed by atoms with Crippen LogP contribution >= 0.6 is 15.9 Å². The Morgan fingerprint density at radius 3 is 1.98 bits per heavy atom. The summed E-state index contributed by atoms with van der Waals surface area (Å²) in [5, 5.41) is 1.91. The first-order chi connectivity index (χ1) is 19.9. The predicted molar refractivity (Wildman–Crippen MR) is 175 cm³/mol. The van der Waals surface area contributed by atoms with E-state index in [-0.39, 0.29) is 29.1 Å². The molecule has 0 bridgehead atoms. The molecule has 9 heteroatoms. The maximum absolute atomic E-state index is 13.6. The molecule has 224 valence electrons. The zero-order chi connectivity index (χ0) is 30.8. The zero-order valence-electron chi connectivity index (χ0n) is 24.8. The topological polar surface area (TPSA) is 81.7 Å². The molecule has 0 fully saturated rings. The summed E-state index contributed by atoms with van der Waals surface area (Å²) in [7, 11) is -6.83. The molecule has 0 heterocycles. The average molecular weight is 671 g/mol. The summed E-state index contributed by atoms with van der Waals surface area (Å²) in [5.41, 5.74) is 3.96. The number of aryl methyl sites for hydroxylation is 1. The first-order valence-corrected chi connectivity index (χ1v) is 18.2. The number of esters is 1. The molecule has 3 aromatic carbocycles. The van der Waals surface area contributed by atoms with Crippen LogP contribution in [0, 0.1) is 12.8 Å². The lowest BCUT2D eigenvalue weighted by molar-refractivity contribution is -0.141. The monoisotopic (exact) mass is 669 g/mol. The third-order valence-electron chi connectivity index (χ3n) is 7.05. The van der Waals surface area contributed by atoms with Gasteiger partial charge in [0, 0.05) is 23.9 Å². The Kier molecular flexibility index (Phi) is 12.1. The average Bonchev–Trinajstić information content (AvgIpc) is 2.95. The van der Waals surface area contributed by atoms with E-state index in [9.17, 15) is 13.2 Å². The Bertz CT molecular complexity index is 1430. The van der Waals surface area contributed by atoms with Crippen LogP contribution in [0.1, 0.15) is 39.7 Å². The normalized spacial score (nSPS) is 13.5. The maximum Gasteiger partial charge on any atom is 0.302 e. The van der Waals surface area contributed by atoms with Gasteiger partial charge >= 0.3 is 5.97 Å². The zero-order valence-corrected chi connectivity index (χ0v) is 28.2. The van der Waals surface area contributed by atoms with Gasteiger partial charge in [-0.1, -0.05) is 115 Å². The third-order valence-corrected chi connectivity index (χ3v) is 13.9. The van der Waals surface area contributed by atoms with Gasteiger partial charge < -0.3 is 9.16 Å². The number of hydrogen-bond acceptors (Lipinski definition) is 5. The fraction of sp³-hybridized carbons (Fsp3) is 0.333. The summed E-state index contributed by atoms with van der Waals surface area (Å²) in [6.45, 7) is 10.00. The highest BCUT2D eigenvalue weighted by atomic mass is 79.9. The molecular weight excluding hydrogens is 630 g/mol. The molecule has 0 aliphatic carbocycles. The second kappa shape index (κ2) is 15.1. The molecule has 0 aliphatic heterocycles. The molecular formula is C33H40BrNO5SSi. The molecule has 3 rings (SSSR count). The Balaban J connectivity index is 2.07. The van der Waals surface area contributed by atoms with Gasteiger partial charge in [0.25, 0.3) is 8.32 Å². The van der Waals surface area contributed by atoms with Crippen molar-refractivity contribution in [3.05, 3.63) is 107 Å². The van der Waals surface area contributed by atoms with E-state index in [1.807, 2.05) is 43.3 Å². The smallest absolute Gasteiger partial charge is 0.302 e. The van der Waals surface area contributed by atoms with Crippen LogP contribution in [0.3, 0.4) is 0 Å². The highest BCUT2D eigenvalue weighted by molar-refractivity contribution is 9.11. The Hall–Kier alpha value is -2.78. The summed E-state index contributed by atoms with van der Waals surface area (Å²) in [5.74, 6) is -0.715. The minimum absolute atomic E-state index is 0.0884. The Morgan fingerprint density at radius 1 is 0.952 bits per heavy atom. The minimum Gasteiger partial charge on any atom is -0.465 e. The number of rotatable bonds is 13. The van der Waals surface area contributed by atoms with E-state index < -0.39 is 30.4 Å². The van der Waals surface area contributed by atoms with Crippen molar-refractivity contribution in [1.82, 2.24) is 4.72 Å². The lowest BCUT2D eigenvalue weighted by Gasteiger charge is -2.43. The van der Waals surface area contributed by atoms with Gasteiger partial charge in [-0.25, -0.2) is 13.1 Å². The van der Waals surface area contributed by atoms with Crippen molar-refractivity contribution in [3.63, 3.8) is 0 Å². The van der Waals surface area contributed by atoms with Crippen molar-refractivity contribution in [2.24, 2.45) is 5.92 Å². The SMILES string of the molecule is CC(=O)OC[C@@H](C=C=CBr)C[C@@H](CO[Si](c1ccccc1)(c1ccccc1)C(C)(C)C)NS(=O)(=O)c1ccc(C)cc1. The Morgan fingerprint density at radius 2 is 1.50 bits per heavy atom. The second-order valence-corrected chi connectivity index (χ2v) is 17.8. The van der Waals surface area contributed by atoms with Gasteiger partial charge in [0.05, 0.1) is 18.1 Å². The maximum atomic E-state index is 13.6. The fourth-order valence-corrected chi connectivity index (χ4v) is 11.1. The van der Waals surface area contributed by atoms with E-state index in [2.05, 4.69) is 71.4 Å². The summed E-state index contributed by atoms with van der Waals surface area (Å²) < 4.78 is 42.5. The van der Waals surface area contributed by atoms with Crippen LogP contribution in [0.4, 0.5) is 0 Å². The van der Waals surface area contributed by atoms with E-state index in [1.165, 1.54) is 6.92 Å². The van der Waals surface area contributed by atoms with Crippen molar-refractivity contribution in [2.75, 3.05) is 13.2 Å². The van der Waals surface area contributed by atoms with Crippen molar-refractivity contribution in [3.8, 4) is 0 Å². The summed E-state index contributed by atoms with van der Waals surface area (Å²) >= 11 is 3.23. The number of nitrogens with one attached hydrogen (secondary N) is 1. The highest BCUT2D eigenvalue weighted by Gasteiger charge is 2.50. The molecule has 0 aliphatic rings. The molecule has 6 nitrogen and oxygen atoms in total. The van der Waals surface area contributed by atoms with Gasteiger partial charge in [-0.05, 0) is 47.0 Å². The first kappa shape index (κ1) is 33.7. The van der Waals surface area contributed by atoms with E-state index >= 15 is 0 Å². The minimum atomic E-state index is -3.88. The van der Waals surface area contributed by atoms with Crippen LogP contribution in [0.15, 0.2) is 107 Å². The molecule has 0 unspecified atom stereocenters. The van der Waals surface area contributed by atoms with Gasteiger partial charge in [-0.2, -0.15) is 0 Å². The lowest BCUT2D eigenvalue weighted by atomic mass is 10.0. The van der Waals surface area contributed by atoms with Crippen molar-refractivity contribution >= 4 is 50.6 Å². The largest absolute Gasteiger partial charge is 0.465 e. The molecule has 1 N–H and O–H groups in total. The highest BCUT2D eigenvalue weighted by Crippen LogP contribution is 2.37. The predicted octanol–water partition coefficient (Wildman–Crippen LogP) is 5.85. The van der Waals surface area contributed by atoms with Gasteiger partial charge in [-0.3, -0.25) is 4.79 Å². The van der Waals surface area contributed by atoms with Gasteiger partial charge in [0.2, 0.25) is 10.0 Å². The third kappa shape index (κ3) is 8.86. The number of hydrogen-bond donors (Lipinski definition) is 1. The van der Waals surface area contributed by atoms with Crippen molar-refractivity contribution in [2.45, 2.75) is 57.0 Å². The standard InChI is InChI=1S/C33H40BrNO5SSi/c1-26-18-20-30(21-19-26)41(37,38)35-29(23-28(13-12-22-34)24-39-27(2)36)25-40-42(33(3,4)5,31-14-8-6-9-15-31)32-16-10-7-11-17-32/h6-11,13-22,28-29,35H,23-25H2,1-5H3/t12?,28-,29-/m0/s1. The Labute approximate surface area is 260 Å².